The number of thiazole rings is 1. The van der Waals surface area contributed by atoms with Crippen molar-refractivity contribution >= 4 is 44.1 Å². The predicted octanol–water partition coefficient (Wildman–Crippen LogP) is 3.62. The van der Waals surface area contributed by atoms with Gasteiger partial charge >= 0.3 is 5.82 Å². The van der Waals surface area contributed by atoms with Crippen molar-refractivity contribution in [1.29, 1.82) is 0 Å². The van der Waals surface area contributed by atoms with Crippen molar-refractivity contribution in [2.24, 2.45) is 0 Å². The number of benzene rings is 1. The van der Waals surface area contributed by atoms with E-state index in [1.807, 2.05) is 6.92 Å². The van der Waals surface area contributed by atoms with Crippen molar-refractivity contribution < 1.29 is 9.72 Å². The number of aryl methyl sites for hydroxylation is 1. The lowest BCUT2D eigenvalue weighted by Gasteiger charge is -2.03. The highest BCUT2D eigenvalue weighted by Crippen LogP contribution is 2.22. The summed E-state index contributed by atoms with van der Waals surface area (Å²) in [4.78, 5) is 27.5. The van der Waals surface area contributed by atoms with Crippen LogP contribution in [0, 0.1) is 17.0 Å². The minimum atomic E-state index is -0.547. The number of nitro groups is 1. The molecule has 0 radical (unpaired) electrons. The first-order chi connectivity index (χ1) is 11.9. The smallest absolute Gasteiger partial charge is 0.358 e. The number of carbonyl (C=O) groups is 1. The van der Waals surface area contributed by atoms with Gasteiger partial charge in [0.05, 0.1) is 17.8 Å². The average molecular weight is 422 g/mol. The average Bonchev–Trinajstić information content (AvgIpc) is 3.13. The molecule has 25 heavy (non-hydrogen) atoms. The summed E-state index contributed by atoms with van der Waals surface area (Å²) in [5.74, 6) is -0.465. The largest absolute Gasteiger partial charge is 0.404 e. The maximum Gasteiger partial charge on any atom is 0.404 e. The second-order valence-corrected chi connectivity index (χ2v) is 7.27. The molecule has 10 heteroatoms. The molecule has 0 saturated carbocycles. The van der Waals surface area contributed by atoms with Crippen LogP contribution in [0.2, 0.25) is 0 Å². The molecule has 0 saturated heterocycles. The molecule has 0 bridgehead atoms. The Kier molecular flexibility index (Phi) is 4.91. The number of aromatic nitrogens is 3. The van der Waals surface area contributed by atoms with Crippen molar-refractivity contribution in [3.8, 4) is 0 Å². The van der Waals surface area contributed by atoms with Crippen molar-refractivity contribution in [3.63, 3.8) is 0 Å². The Morgan fingerprint density at radius 1 is 1.40 bits per heavy atom. The molecule has 1 N–H and O–H groups in total. The first-order valence-electron chi connectivity index (χ1n) is 7.12. The van der Waals surface area contributed by atoms with Crippen LogP contribution < -0.4 is 5.32 Å². The quantitative estimate of drug-likeness (QED) is 0.500. The number of anilines is 1. The summed E-state index contributed by atoms with van der Waals surface area (Å²) in [6.07, 6.45) is 3.24. The van der Waals surface area contributed by atoms with Crippen LogP contribution in [0.5, 0.6) is 0 Å². The van der Waals surface area contributed by atoms with Crippen LogP contribution >= 0.6 is 27.3 Å². The van der Waals surface area contributed by atoms with Gasteiger partial charge in [0.1, 0.15) is 4.47 Å². The monoisotopic (exact) mass is 421 g/mol. The molecule has 0 unspecified atom stereocenters. The molecule has 1 aromatic carbocycles. The standard InChI is InChI=1S/C15H12BrN5O3S/c1-9-6-17-15(25-9)18-14(22)11-4-2-10(3-5-11)7-20-8-12(16)13(19-20)21(23)24/h2-6,8H,7H2,1H3,(H,17,18,22). The Morgan fingerprint density at radius 2 is 2.12 bits per heavy atom. The molecule has 0 spiro atoms. The van der Waals surface area contributed by atoms with Gasteiger partial charge in [0.15, 0.2) is 5.13 Å². The highest BCUT2D eigenvalue weighted by molar-refractivity contribution is 9.10. The normalized spacial score (nSPS) is 10.6. The van der Waals surface area contributed by atoms with E-state index in [2.05, 4.69) is 31.3 Å². The van der Waals surface area contributed by atoms with E-state index >= 15 is 0 Å². The maximum atomic E-state index is 12.2. The van der Waals surface area contributed by atoms with Gasteiger partial charge in [-0.3, -0.25) is 10.1 Å². The van der Waals surface area contributed by atoms with E-state index in [1.54, 1.807) is 36.7 Å². The van der Waals surface area contributed by atoms with Crippen LogP contribution in [0.25, 0.3) is 0 Å². The van der Waals surface area contributed by atoms with Gasteiger partial charge in [-0.05, 0) is 45.5 Å². The second-order valence-electron chi connectivity index (χ2n) is 5.18. The lowest BCUT2D eigenvalue weighted by atomic mass is 10.1. The van der Waals surface area contributed by atoms with E-state index in [-0.39, 0.29) is 11.7 Å². The number of nitrogens with zero attached hydrogens (tertiary/aromatic N) is 4. The molecule has 0 aliphatic rings. The fourth-order valence-corrected chi connectivity index (χ4v) is 3.24. The van der Waals surface area contributed by atoms with Gasteiger partial charge < -0.3 is 10.1 Å². The van der Waals surface area contributed by atoms with E-state index in [9.17, 15) is 14.9 Å². The summed E-state index contributed by atoms with van der Waals surface area (Å²) < 4.78 is 1.79. The first kappa shape index (κ1) is 17.2. The van der Waals surface area contributed by atoms with Crippen LogP contribution in [0.15, 0.2) is 41.1 Å². The Balaban J connectivity index is 1.68. The van der Waals surface area contributed by atoms with Crippen LogP contribution in [0.4, 0.5) is 10.9 Å². The fraction of sp³-hybridized carbons (Fsp3) is 0.133. The van der Waals surface area contributed by atoms with Crippen molar-refractivity contribution in [2.75, 3.05) is 5.32 Å². The van der Waals surface area contributed by atoms with Crippen LogP contribution in [-0.2, 0) is 6.54 Å². The van der Waals surface area contributed by atoms with Gasteiger partial charge in [0.25, 0.3) is 5.91 Å². The topological polar surface area (TPSA) is 103 Å². The zero-order valence-corrected chi connectivity index (χ0v) is 15.4. The van der Waals surface area contributed by atoms with E-state index in [0.717, 1.165) is 10.4 Å². The summed E-state index contributed by atoms with van der Waals surface area (Å²) in [7, 11) is 0. The predicted molar refractivity (Wildman–Crippen MR) is 96.9 cm³/mol. The third kappa shape index (κ3) is 4.09. The highest BCUT2D eigenvalue weighted by Gasteiger charge is 2.18. The first-order valence-corrected chi connectivity index (χ1v) is 8.73. The molecule has 3 rings (SSSR count). The molecule has 0 fully saturated rings. The molecule has 1 amide bonds. The summed E-state index contributed by atoms with van der Waals surface area (Å²) >= 11 is 4.52. The Morgan fingerprint density at radius 3 is 2.68 bits per heavy atom. The maximum absolute atomic E-state index is 12.2. The molecular weight excluding hydrogens is 410 g/mol. The molecule has 3 aromatic rings. The summed E-state index contributed by atoms with van der Waals surface area (Å²) in [6, 6.07) is 6.95. The van der Waals surface area contributed by atoms with Gasteiger partial charge in [-0.25, -0.2) is 4.98 Å². The lowest BCUT2D eigenvalue weighted by molar-refractivity contribution is -0.390. The second kappa shape index (κ2) is 7.11. The molecule has 0 aliphatic carbocycles. The van der Waals surface area contributed by atoms with Gasteiger partial charge in [0.2, 0.25) is 0 Å². The Labute approximate surface area is 154 Å². The number of hydrogen-bond acceptors (Lipinski definition) is 6. The highest BCUT2D eigenvalue weighted by atomic mass is 79.9. The number of amides is 1. The number of nitrogens with one attached hydrogen (secondary N) is 1. The summed E-state index contributed by atoms with van der Waals surface area (Å²) in [6.45, 7) is 2.28. The SMILES string of the molecule is Cc1cnc(NC(=O)c2ccc(Cn3cc(Br)c([N+](=O)[O-])n3)cc2)s1. The minimum absolute atomic E-state index is 0.227. The molecule has 2 heterocycles. The van der Waals surface area contributed by atoms with Crippen LogP contribution in [0.1, 0.15) is 20.8 Å². The van der Waals surface area contributed by atoms with Crippen molar-refractivity contribution in [2.45, 2.75) is 13.5 Å². The number of halogens is 1. The third-order valence-corrected chi connectivity index (χ3v) is 4.66. The molecule has 2 aromatic heterocycles. The Hall–Kier alpha value is -2.59. The van der Waals surface area contributed by atoms with E-state index < -0.39 is 4.92 Å². The molecule has 0 aliphatic heterocycles. The van der Waals surface area contributed by atoms with Crippen molar-refractivity contribution in [1.82, 2.24) is 14.8 Å². The third-order valence-electron chi connectivity index (χ3n) is 3.27. The number of carbonyl (C=O) groups excluding carboxylic acids is 1. The fourth-order valence-electron chi connectivity index (χ4n) is 2.12. The summed E-state index contributed by atoms with van der Waals surface area (Å²) in [5, 5.41) is 18.0. The van der Waals surface area contributed by atoms with Crippen LogP contribution in [-0.4, -0.2) is 25.6 Å². The molecule has 128 valence electrons. The molecule has 0 atom stereocenters. The number of rotatable bonds is 5. The van der Waals surface area contributed by atoms with Gasteiger partial charge in [0, 0.05) is 16.6 Å². The molecular formula is C15H12BrN5O3S. The summed E-state index contributed by atoms with van der Waals surface area (Å²) in [5.41, 5.74) is 1.37. The zero-order chi connectivity index (χ0) is 18.0. The van der Waals surface area contributed by atoms with E-state index in [1.165, 1.54) is 16.0 Å². The Bertz CT molecular complexity index is 935. The minimum Gasteiger partial charge on any atom is -0.358 e. The van der Waals surface area contributed by atoms with Crippen molar-refractivity contribution in [3.05, 3.63) is 67.3 Å². The van der Waals surface area contributed by atoms with E-state index in [4.69, 9.17) is 0 Å². The zero-order valence-electron chi connectivity index (χ0n) is 13.0. The van der Waals surface area contributed by atoms with Gasteiger partial charge in [-0.15, -0.1) is 11.3 Å². The van der Waals surface area contributed by atoms with Gasteiger partial charge in [-0.1, -0.05) is 12.1 Å². The lowest BCUT2D eigenvalue weighted by Crippen LogP contribution is -2.11. The van der Waals surface area contributed by atoms with E-state index in [0.29, 0.717) is 21.7 Å². The van der Waals surface area contributed by atoms with Crippen LogP contribution in [0.3, 0.4) is 0 Å². The molecule has 8 nitrogen and oxygen atoms in total. The number of hydrogen-bond donors (Lipinski definition) is 1. The van der Waals surface area contributed by atoms with Gasteiger partial charge in [-0.2, -0.15) is 4.68 Å².